The number of ether oxygens (including phenoxy) is 2. The maximum Gasteiger partial charge on any atom is 0.228 e. The fraction of sp³-hybridized carbons (Fsp3) is 0.200. The van der Waals surface area contributed by atoms with E-state index in [2.05, 4.69) is 9.97 Å². The van der Waals surface area contributed by atoms with Crippen LogP contribution in [0.15, 0.2) is 53.7 Å². The van der Waals surface area contributed by atoms with Crippen molar-refractivity contribution in [1.82, 2.24) is 9.97 Å². The molecule has 0 spiro atoms. The van der Waals surface area contributed by atoms with Gasteiger partial charge in [-0.1, -0.05) is 53.7 Å². The van der Waals surface area contributed by atoms with Crippen LogP contribution in [0.4, 0.5) is 0 Å². The first-order valence-electron chi connectivity index (χ1n) is 8.07. The maximum atomic E-state index is 6.46. The lowest BCUT2D eigenvalue weighted by molar-refractivity contribution is 0.414. The minimum atomic E-state index is 0.406. The third kappa shape index (κ3) is 4.29. The smallest absolute Gasteiger partial charge is 0.228 e. The largest absolute Gasteiger partial charge is 0.497 e. The summed E-state index contributed by atoms with van der Waals surface area (Å²) in [7, 11) is 1.65. The lowest BCUT2D eigenvalue weighted by atomic mass is 10.1. The second-order valence-corrected chi connectivity index (χ2v) is 6.81. The number of aryl methyl sites for hydroxylation is 1. The van der Waals surface area contributed by atoms with Gasteiger partial charge in [0.15, 0.2) is 5.16 Å². The monoisotopic (exact) mass is 386 g/mol. The molecule has 0 unspecified atom stereocenters. The van der Waals surface area contributed by atoms with E-state index >= 15 is 0 Å². The molecular formula is C20H19ClN2O2S. The zero-order chi connectivity index (χ0) is 18.5. The summed E-state index contributed by atoms with van der Waals surface area (Å²) >= 11 is 7.89. The molecule has 4 nitrogen and oxygen atoms in total. The normalized spacial score (nSPS) is 10.6. The molecule has 0 radical (unpaired) electrons. The van der Waals surface area contributed by atoms with E-state index in [9.17, 15) is 0 Å². The van der Waals surface area contributed by atoms with Crippen molar-refractivity contribution in [3.63, 3.8) is 0 Å². The predicted molar refractivity (Wildman–Crippen MR) is 106 cm³/mol. The molecule has 2 aromatic carbocycles. The SMILES string of the molecule is COc1ccc(Cc2c(Cl)nc(SC)nc2Oc2ccccc2C)cc1. The average molecular weight is 387 g/mol. The van der Waals surface area contributed by atoms with Gasteiger partial charge in [0.25, 0.3) is 0 Å². The Balaban J connectivity index is 1.98. The van der Waals surface area contributed by atoms with Crippen molar-refractivity contribution in [3.05, 3.63) is 70.4 Å². The van der Waals surface area contributed by atoms with E-state index in [-0.39, 0.29) is 0 Å². The molecule has 0 bridgehead atoms. The zero-order valence-corrected chi connectivity index (χ0v) is 16.4. The van der Waals surface area contributed by atoms with Gasteiger partial charge in [0.05, 0.1) is 12.7 Å². The molecule has 26 heavy (non-hydrogen) atoms. The summed E-state index contributed by atoms with van der Waals surface area (Å²) in [5, 5.41) is 0.987. The fourth-order valence-corrected chi connectivity index (χ4v) is 3.10. The summed E-state index contributed by atoms with van der Waals surface area (Å²) in [5.74, 6) is 2.05. The van der Waals surface area contributed by atoms with Gasteiger partial charge in [0.2, 0.25) is 5.88 Å². The zero-order valence-electron chi connectivity index (χ0n) is 14.8. The van der Waals surface area contributed by atoms with Crippen LogP contribution in [0.5, 0.6) is 17.4 Å². The van der Waals surface area contributed by atoms with E-state index in [1.54, 1.807) is 7.11 Å². The number of nitrogens with zero attached hydrogens (tertiary/aromatic N) is 2. The molecule has 134 valence electrons. The van der Waals surface area contributed by atoms with Crippen molar-refractivity contribution in [2.45, 2.75) is 18.5 Å². The number of benzene rings is 2. The molecule has 0 aliphatic heterocycles. The van der Waals surface area contributed by atoms with Crippen molar-refractivity contribution in [1.29, 1.82) is 0 Å². The van der Waals surface area contributed by atoms with Crippen molar-refractivity contribution < 1.29 is 9.47 Å². The Morgan fingerprint density at radius 2 is 1.77 bits per heavy atom. The molecule has 0 saturated heterocycles. The van der Waals surface area contributed by atoms with Crippen molar-refractivity contribution in [2.75, 3.05) is 13.4 Å². The van der Waals surface area contributed by atoms with Crippen LogP contribution < -0.4 is 9.47 Å². The molecule has 1 heterocycles. The fourth-order valence-electron chi connectivity index (χ4n) is 2.47. The third-order valence-electron chi connectivity index (χ3n) is 3.92. The molecule has 0 fully saturated rings. The van der Waals surface area contributed by atoms with Crippen molar-refractivity contribution in [2.24, 2.45) is 0 Å². The van der Waals surface area contributed by atoms with Crippen LogP contribution in [0.25, 0.3) is 0 Å². The van der Waals surface area contributed by atoms with Crippen LogP contribution in [0, 0.1) is 6.92 Å². The molecule has 6 heteroatoms. The molecule has 0 N–H and O–H groups in total. The van der Waals surface area contributed by atoms with Gasteiger partial charge < -0.3 is 9.47 Å². The summed E-state index contributed by atoms with van der Waals surface area (Å²) in [6.45, 7) is 2.00. The van der Waals surface area contributed by atoms with E-state index < -0.39 is 0 Å². The molecule has 0 saturated carbocycles. The molecule has 3 aromatic rings. The van der Waals surface area contributed by atoms with Crippen molar-refractivity contribution in [3.8, 4) is 17.4 Å². The topological polar surface area (TPSA) is 44.2 Å². The van der Waals surface area contributed by atoms with E-state index in [4.69, 9.17) is 21.1 Å². The first-order chi connectivity index (χ1) is 12.6. The quantitative estimate of drug-likeness (QED) is 0.315. The van der Waals surface area contributed by atoms with Gasteiger partial charge in [-0.2, -0.15) is 4.98 Å². The average Bonchev–Trinajstić information content (AvgIpc) is 2.66. The third-order valence-corrected chi connectivity index (χ3v) is 4.78. The highest BCUT2D eigenvalue weighted by molar-refractivity contribution is 7.98. The highest BCUT2D eigenvalue weighted by Gasteiger charge is 2.16. The number of rotatable bonds is 6. The van der Waals surface area contributed by atoms with Gasteiger partial charge in [-0.25, -0.2) is 4.98 Å². The highest BCUT2D eigenvalue weighted by atomic mass is 35.5. The van der Waals surface area contributed by atoms with Gasteiger partial charge in [0, 0.05) is 6.42 Å². The standard InChI is InChI=1S/C20H19ClN2O2S/c1-13-6-4-5-7-17(13)25-19-16(18(21)22-20(23-19)26-3)12-14-8-10-15(24-2)11-9-14/h4-11H,12H2,1-3H3. The number of aromatic nitrogens is 2. The second-order valence-electron chi connectivity index (χ2n) is 5.68. The summed E-state index contributed by atoms with van der Waals surface area (Å²) < 4.78 is 11.3. The second kappa shape index (κ2) is 8.43. The van der Waals surface area contributed by atoms with Crippen molar-refractivity contribution >= 4 is 23.4 Å². The first kappa shape index (κ1) is 18.5. The molecule has 0 aliphatic rings. The highest BCUT2D eigenvalue weighted by Crippen LogP contribution is 2.33. The van der Waals surface area contributed by atoms with E-state index in [1.807, 2.05) is 61.7 Å². The van der Waals surface area contributed by atoms with E-state index in [1.165, 1.54) is 11.8 Å². The maximum absolute atomic E-state index is 6.46. The van der Waals surface area contributed by atoms with Gasteiger partial charge in [-0.3, -0.25) is 0 Å². The van der Waals surface area contributed by atoms with Crippen LogP contribution in [0.1, 0.15) is 16.7 Å². The Labute approximate surface area is 162 Å². The number of halogens is 1. The molecule has 3 rings (SSSR count). The van der Waals surface area contributed by atoms with Crippen LogP contribution in [0.3, 0.4) is 0 Å². The first-order valence-corrected chi connectivity index (χ1v) is 9.67. The van der Waals surface area contributed by atoms with Gasteiger partial charge in [-0.05, 0) is 42.5 Å². The minimum Gasteiger partial charge on any atom is -0.497 e. The number of methoxy groups -OCH3 is 1. The summed E-state index contributed by atoms with van der Waals surface area (Å²) in [5.41, 5.74) is 2.86. The molecular weight excluding hydrogens is 368 g/mol. The summed E-state index contributed by atoms with van der Waals surface area (Å²) in [6, 6.07) is 15.7. The molecule has 0 atom stereocenters. The summed E-state index contributed by atoms with van der Waals surface area (Å²) in [4.78, 5) is 8.90. The summed E-state index contributed by atoms with van der Waals surface area (Å²) in [6.07, 6.45) is 2.48. The van der Waals surface area contributed by atoms with Crippen LogP contribution in [-0.4, -0.2) is 23.3 Å². The van der Waals surface area contributed by atoms with Crippen LogP contribution in [-0.2, 0) is 6.42 Å². The molecule has 1 aromatic heterocycles. The van der Waals surface area contributed by atoms with E-state index in [0.29, 0.717) is 22.6 Å². The van der Waals surface area contributed by atoms with Gasteiger partial charge in [-0.15, -0.1) is 0 Å². The lowest BCUT2D eigenvalue weighted by Crippen LogP contribution is -2.02. The minimum absolute atomic E-state index is 0.406. The molecule has 0 aliphatic carbocycles. The Bertz CT molecular complexity index is 901. The lowest BCUT2D eigenvalue weighted by Gasteiger charge is -2.14. The predicted octanol–water partition coefficient (Wildman–Crippen LogP) is 5.55. The number of hydrogen-bond donors (Lipinski definition) is 0. The van der Waals surface area contributed by atoms with Crippen LogP contribution in [0.2, 0.25) is 5.15 Å². The number of para-hydroxylation sites is 1. The Morgan fingerprint density at radius 1 is 1.04 bits per heavy atom. The number of hydrogen-bond acceptors (Lipinski definition) is 5. The number of thioether (sulfide) groups is 1. The van der Waals surface area contributed by atoms with Crippen LogP contribution >= 0.6 is 23.4 Å². The Morgan fingerprint density at radius 3 is 2.42 bits per heavy atom. The van der Waals surface area contributed by atoms with Gasteiger partial charge >= 0.3 is 0 Å². The van der Waals surface area contributed by atoms with E-state index in [0.717, 1.165) is 28.2 Å². The van der Waals surface area contributed by atoms with Gasteiger partial charge in [0.1, 0.15) is 16.7 Å². The Kier molecular flexibility index (Phi) is 6.01. The molecule has 0 amide bonds. The Hall–Kier alpha value is -2.24.